The van der Waals surface area contributed by atoms with Crippen LogP contribution in [0.2, 0.25) is 0 Å². The summed E-state index contributed by atoms with van der Waals surface area (Å²) in [7, 11) is 2.02. The fourth-order valence-electron chi connectivity index (χ4n) is 1.19. The van der Waals surface area contributed by atoms with Gasteiger partial charge in [-0.05, 0) is 12.7 Å². The summed E-state index contributed by atoms with van der Waals surface area (Å²) in [6.45, 7) is 5.26. The highest BCUT2D eigenvalue weighted by atomic mass is 32.2. The third kappa shape index (κ3) is 3.72. The largest absolute Gasteiger partial charge is 0.337 e. The maximum atomic E-state index is 4.26. The van der Waals surface area contributed by atoms with E-state index in [2.05, 4.69) is 24.1 Å². The van der Waals surface area contributed by atoms with Crippen LogP contribution in [0, 0.1) is 0 Å². The van der Waals surface area contributed by atoms with Gasteiger partial charge in [-0.1, -0.05) is 6.92 Å². The smallest absolute Gasteiger partial charge is 0.122 e. The number of nitrogens with one attached hydrogen (secondary N) is 1. The summed E-state index contributed by atoms with van der Waals surface area (Å²) in [4.78, 5) is 4.26. The predicted octanol–water partition coefficient (Wildman–Crippen LogP) is 1.65. The minimum absolute atomic E-state index is 0.552. The zero-order valence-corrected chi connectivity index (χ0v) is 9.97. The second-order valence-electron chi connectivity index (χ2n) is 3.40. The van der Waals surface area contributed by atoms with E-state index < -0.39 is 0 Å². The molecule has 0 aliphatic carbocycles. The van der Waals surface area contributed by atoms with Crippen molar-refractivity contribution in [1.82, 2.24) is 14.9 Å². The van der Waals surface area contributed by atoms with Crippen LogP contribution >= 0.6 is 11.8 Å². The molecule has 1 rings (SSSR count). The van der Waals surface area contributed by atoms with Gasteiger partial charge in [0.2, 0.25) is 0 Å². The molecule has 0 aliphatic rings. The summed E-state index contributed by atoms with van der Waals surface area (Å²) in [5, 5.41) is 3.46. The fourth-order valence-corrected chi connectivity index (χ4v) is 1.89. The number of hydrogen-bond acceptors (Lipinski definition) is 3. The average molecular weight is 213 g/mol. The van der Waals surface area contributed by atoms with Crippen LogP contribution in [0.3, 0.4) is 0 Å². The third-order valence-corrected chi connectivity index (χ3v) is 3.25. The number of aryl methyl sites for hydroxylation is 1. The second-order valence-corrected chi connectivity index (χ2v) is 4.71. The van der Waals surface area contributed by atoms with E-state index in [1.54, 1.807) is 0 Å². The van der Waals surface area contributed by atoms with Crippen LogP contribution in [-0.4, -0.2) is 27.1 Å². The first-order chi connectivity index (χ1) is 6.74. The molecule has 0 saturated heterocycles. The Kier molecular flexibility index (Phi) is 5.04. The van der Waals surface area contributed by atoms with Gasteiger partial charge in [-0.2, -0.15) is 11.8 Å². The lowest BCUT2D eigenvalue weighted by atomic mass is 10.4. The molecule has 0 aromatic carbocycles. The Labute approximate surface area is 90.3 Å². The lowest BCUT2D eigenvalue weighted by molar-refractivity contribution is 0.567. The maximum absolute atomic E-state index is 4.26. The van der Waals surface area contributed by atoms with E-state index in [0.717, 1.165) is 12.4 Å². The molecule has 0 amide bonds. The van der Waals surface area contributed by atoms with E-state index in [1.165, 1.54) is 11.5 Å². The SMILES string of the molecule is CCSCC(C)NCc1nccn1C. The third-order valence-electron chi connectivity index (χ3n) is 2.10. The van der Waals surface area contributed by atoms with Gasteiger partial charge in [-0.3, -0.25) is 0 Å². The quantitative estimate of drug-likeness (QED) is 0.779. The average Bonchev–Trinajstić information content (AvgIpc) is 2.58. The van der Waals surface area contributed by atoms with Crippen molar-refractivity contribution < 1.29 is 0 Å². The van der Waals surface area contributed by atoms with Gasteiger partial charge in [0.25, 0.3) is 0 Å². The molecule has 0 fully saturated rings. The van der Waals surface area contributed by atoms with Crippen molar-refractivity contribution in [2.75, 3.05) is 11.5 Å². The molecule has 0 saturated carbocycles. The summed E-state index contributed by atoms with van der Waals surface area (Å²) in [5.41, 5.74) is 0. The number of rotatable bonds is 6. The topological polar surface area (TPSA) is 29.9 Å². The van der Waals surface area contributed by atoms with Crippen LogP contribution in [-0.2, 0) is 13.6 Å². The highest BCUT2D eigenvalue weighted by Crippen LogP contribution is 2.02. The van der Waals surface area contributed by atoms with E-state index >= 15 is 0 Å². The van der Waals surface area contributed by atoms with Gasteiger partial charge in [0.1, 0.15) is 5.82 Å². The lowest BCUT2D eigenvalue weighted by Crippen LogP contribution is -2.28. The van der Waals surface area contributed by atoms with Crippen molar-refractivity contribution >= 4 is 11.8 Å². The zero-order chi connectivity index (χ0) is 10.4. The molecule has 0 aliphatic heterocycles. The van der Waals surface area contributed by atoms with Crippen molar-refractivity contribution in [1.29, 1.82) is 0 Å². The van der Waals surface area contributed by atoms with Crippen molar-refractivity contribution in [2.45, 2.75) is 26.4 Å². The molecular weight excluding hydrogens is 194 g/mol. The number of imidazole rings is 1. The van der Waals surface area contributed by atoms with E-state index in [-0.39, 0.29) is 0 Å². The minimum atomic E-state index is 0.552. The molecule has 1 unspecified atom stereocenters. The Bertz CT molecular complexity index is 260. The second kappa shape index (κ2) is 6.09. The summed E-state index contributed by atoms with van der Waals surface area (Å²) < 4.78 is 2.05. The van der Waals surface area contributed by atoms with Gasteiger partial charge in [0.05, 0.1) is 6.54 Å². The Morgan fingerprint density at radius 3 is 3.00 bits per heavy atom. The van der Waals surface area contributed by atoms with Gasteiger partial charge < -0.3 is 9.88 Å². The molecule has 80 valence electrons. The maximum Gasteiger partial charge on any atom is 0.122 e. The molecular formula is C10H19N3S. The molecule has 3 nitrogen and oxygen atoms in total. The molecule has 0 bridgehead atoms. The predicted molar refractivity (Wildman–Crippen MR) is 62.5 cm³/mol. The molecule has 1 aromatic rings. The molecule has 1 heterocycles. The van der Waals surface area contributed by atoms with Crippen LogP contribution in [0.15, 0.2) is 12.4 Å². The van der Waals surface area contributed by atoms with E-state index in [9.17, 15) is 0 Å². The molecule has 14 heavy (non-hydrogen) atoms. The first-order valence-electron chi connectivity index (χ1n) is 5.01. The Morgan fingerprint density at radius 1 is 1.64 bits per heavy atom. The zero-order valence-electron chi connectivity index (χ0n) is 9.16. The molecule has 0 radical (unpaired) electrons. The van der Waals surface area contributed by atoms with Gasteiger partial charge in [-0.25, -0.2) is 4.98 Å². The molecule has 1 aromatic heterocycles. The standard InChI is InChI=1S/C10H19N3S/c1-4-14-8-9(2)12-7-10-11-5-6-13(10)3/h5-6,9,12H,4,7-8H2,1-3H3. The van der Waals surface area contributed by atoms with Crippen LogP contribution in [0.5, 0.6) is 0 Å². The van der Waals surface area contributed by atoms with Gasteiger partial charge in [-0.15, -0.1) is 0 Å². The van der Waals surface area contributed by atoms with E-state index in [0.29, 0.717) is 6.04 Å². The summed E-state index contributed by atoms with van der Waals surface area (Å²) in [6.07, 6.45) is 3.81. The monoisotopic (exact) mass is 213 g/mol. The van der Waals surface area contributed by atoms with Crippen LogP contribution in [0.25, 0.3) is 0 Å². The number of nitrogens with zero attached hydrogens (tertiary/aromatic N) is 2. The van der Waals surface area contributed by atoms with Crippen molar-refractivity contribution in [3.05, 3.63) is 18.2 Å². The molecule has 4 heteroatoms. The molecule has 0 spiro atoms. The van der Waals surface area contributed by atoms with Crippen LogP contribution in [0.4, 0.5) is 0 Å². The normalized spacial score (nSPS) is 13.1. The highest BCUT2D eigenvalue weighted by molar-refractivity contribution is 7.99. The van der Waals surface area contributed by atoms with E-state index in [1.807, 2.05) is 35.8 Å². The molecule has 1 atom stereocenters. The van der Waals surface area contributed by atoms with Crippen LogP contribution < -0.4 is 5.32 Å². The Morgan fingerprint density at radius 2 is 2.43 bits per heavy atom. The fraction of sp³-hybridized carbons (Fsp3) is 0.700. The Balaban J connectivity index is 2.23. The number of thioether (sulfide) groups is 1. The van der Waals surface area contributed by atoms with Crippen LogP contribution in [0.1, 0.15) is 19.7 Å². The van der Waals surface area contributed by atoms with Crippen molar-refractivity contribution in [2.24, 2.45) is 7.05 Å². The summed E-state index contributed by atoms with van der Waals surface area (Å²) in [6, 6.07) is 0.552. The van der Waals surface area contributed by atoms with Crippen molar-refractivity contribution in [3.63, 3.8) is 0 Å². The lowest BCUT2D eigenvalue weighted by Gasteiger charge is -2.12. The van der Waals surface area contributed by atoms with E-state index in [4.69, 9.17) is 0 Å². The van der Waals surface area contributed by atoms with Gasteiger partial charge in [0, 0.05) is 31.2 Å². The van der Waals surface area contributed by atoms with Gasteiger partial charge in [0.15, 0.2) is 0 Å². The minimum Gasteiger partial charge on any atom is -0.337 e. The number of hydrogen-bond donors (Lipinski definition) is 1. The van der Waals surface area contributed by atoms with Gasteiger partial charge >= 0.3 is 0 Å². The summed E-state index contributed by atoms with van der Waals surface area (Å²) in [5.74, 6) is 3.45. The summed E-state index contributed by atoms with van der Waals surface area (Å²) >= 11 is 1.97. The first-order valence-corrected chi connectivity index (χ1v) is 6.16. The highest BCUT2D eigenvalue weighted by Gasteiger charge is 2.03. The Hall–Kier alpha value is -0.480. The molecule has 1 N–H and O–H groups in total. The number of aromatic nitrogens is 2. The van der Waals surface area contributed by atoms with Crippen molar-refractivity contribution in [3.8, 4) is 0 Å². The first kappa shape index (κ1) is 11.6.